The Bertz CT molecular complexity index is 642. The number of aromatic nitrogens is 1. The van der Waals surface area contributed by atoms with Crippen LogP contribution in [0.1, 0.15) is 30.3 Å². The standard InChI is InChI=1S/C17H25N5S2/c1-3-18-17(19-11-15-13(2)20-12-24-15)21-14-6-8-22(9-7-14)16-5-4-10-23-16/h4-5,10,12,14H,3,6-9,11H2,1-2H3,(H2,18,19,21). The van der Waals surface area contributed by atoms with Gasteiger partial charge in [-0.25, -0.2) is 9.98 Å². The van der Waals surface area contributed by atoms with Gasteiger partial charge in [0.05, 0.1) is 22.8 Å². The van der Waals surface area contributed by atoms with Crippen LogP contribution in [0.2, 0.25) is 0 Å². The number of aliphatic imine (C=N–C) groups is 1. The Morgan fingerprint density at radius 3 is 2.83 bits per heavy atom. The molecular weight excluding hydrogens is 338 g/mol. The average Bonchev–Trinajstić information content (AvgIpc) is 3.25. The fourth-order valence-electron chi connectivity index (χ4n) is 2.84. The highest BCUT2D eigenvalue weighted by atomic mass is 32.1. The van der Waals surface area contributed by atoms with Gasteiger partial charge in [-0.15, -0.1) is 22.7 Å². The van der Waals surface area contributed by atoms with Crippen LogP contribution in [0.15, 0.2) is 28.0 Å². The average molecular weight is 364 g/mol. The lowest BCUT2D eigenvalue weighted by Gasteiger charge is -2.33. The Hall–Kier alpha value is -1.60. The molecular formula is C17H25N5S2. The number of rotatable bonds is 5. The lowest BCUT2D eigenvalue weighted by Crippen LogP contribution is -2.48. The maximum atomic E-state index is 4.73. The van der Waals surface area contributed by atoms with Gasteiger partial charge < -0.3 is 15.5 Å². The Kier molecular flexibility index (Phi) is 6.09. The molecule has 24 heavy (non-hydrogen) atoms. The van der Waals surface area contributed by atoms with Gasteiger partial charge in [-0.05, 0) is 44.2 Å². The fraction of sp³-hybridized carbons (Fsp3) is 0.529. The van der Waals surface area contributed by atoms with Crippen molar-refractivity contribution >= 4 is 33.6 Å². The van der Waals surface area contributed by atoms with Crippen molar-refractivity contribution in [3.8, 4) is 0 Å². The molecule has 2 aromatic rings. The van der Waals surface area contributed by atoms with E-state index in [0.29, 0.717) is 12.6 Å². The number of nitrogens with one attached hydrogen (secondary N) is 2. The molecule has 0 spiro atoms. The summed E-state index contributed by atoms with van der Waals surface area (Å²) in [5, 5.41) is 10.5. The highest BCUT2D eigenvalue weighted by Crippen LogP contribution is 2.24. The highest BCUT2D eigenvalue weighted by molar-refractivity contribution is 7.14. The first-order chi connectivity index (χ1) is 11.8. The lowest BCUT2D eigenvalue weighted by molar-refractivity contribution is 0.463. The maximum absolute atomic E-state index is 4.73. The number of thiophene rings is 1. The van der Waals surface area contributed by atoms with Crippen LogP contribution in [-0.2, 0) is 6.54 Å². The first-order valence-electron chi connectivity index (χ1n) is 8.48. The van der Waals surface area contributed by atoms with Gasteiger partial charge in [0.15, 0.2) is 5.96 Å². The number of anilines is 1. The minimum absolute atomic E-state index is 0.488. The summed E-state index contributed by atoms with van der Waals surface area (Å²) in [5.41, 5.74) is 2.98. The molecule has 0 amide bonds. The molecule has 0 aliphatic carbocycles. The summed E-state index contributed by atoms with van der Waals surface area (Å²) < 4.78 is 0. The van der Waals surface area contributed by atoms with E-state index in [9.17, 15) is 0 Å². The molecule has 1 saturated heterocycles. The lowest BCUT2D eigenvalue weighted by atomic mass is 10.1. The normalized spacial score (nSPS) is 16.4. The van der Waals surface area contributed by atoms with Crippen LogP contribution in [0.5, 0.6) is 0 Å². The van der Waals surface area contributed by atoms with E-state index in [1.807, 2.05) is 23.8 Å². The molecule has 0 radical (unpaired) electrons. The molecule has 3 heterocycles. The smallest absolute Gasteiger partial charge is 0.191 e. The number of piperidine rings is 1. The van der Waals surface area contributed by atoms with E-state index in [-0.39, 0.29) is 0 Å². The third-order valence-corrected chi connectivity index (χ3v) is 6.07. The van der Waals surface area contributed by atoms with Crippen molar-refractivity contribution in [2.45, 2.75) is 39.3 Å². The first kappa shape index (κ1) is 17.2. The topological polar surface area (TPSA) is 52.6 Å². The van der Waals surface area contributed by atoms with E-state index in [2.05, 4.69) is 45.0 Å². The van der Waals surface area contributed by atoms with Crippen LogP contribution in [0.3, 0.4) is 0 Å². The van der Waals surface area contributed by atoms with Gasteiger partial charge in [0.25, 0.3) is 0 Å². The van der Waals surface area contributed by atoms with Crippen molar-refractivity contribution in [1.82, 2.24) is 15.6 Å². The van der Waals surface area contributed by atoms with E-state index in [1.54, 1.807) is 11.3 Å². The molecule has 0 bridgehead atoms. The summed E-state index contributed by atoms with van der Waals surface area (Å²) in [4.78, 5) is 12.7. The van der Waals surface area contributed by atoms with E-state index in [1.165, 1.54) is 9.88 Å². The van der Waals surface area contributed by atoms with Crippen LogP contribution in [-0.4, -0.2) is 36.6 Å². The predicted molar refractivity (Wildman–Crippen MR) is 104 cm³/mol. The summed E-state index contributed by atoms with van der Waals surface area (Å²) in [6.07, 6.45) is 2.28. The third kappa shape index (κ3) is 4.48. The zero-order valence-corrected chi connectivity index (χ0v) is 15.9. The van der Waals surface area contributed by atoms with Crippen molar-refractivity contribution in [1.29, 1.82) is 0 Å². The number of thiazole rings is 1. The minimum Gasteiger partial charge on any atom is -0.363 e. The molecule has 0 saturated carbocycles. The summed E-state index contributed by atoms with van der Waals surface area (Å²) in [5.74, 6) is 0.917. The molecule has 2 N–H and O–H groups in total. The Morgan fingerprint density at radius 1 is 1.38 bits per heavy atom. The summed E-state index contributed by atoms with van der Waals surface area (Å²) in [7, 11) is 0. The molecule has 7 heteroatoms. The van der Waals surface area contributed by atoms with Crippen molar-refractivity contribution in [2.75, 3.05) is 24.5 Å². The molecule has 2 aromatic heterocycles. The molecule has 0 unspecified atom stereocenters. The van der Waals surface area contributed by atoms with E-state index >= 15 is 0 Å². The van der Waals surface area contributed by atoms with E-state index in [0.717, 1.165) is 44.1 Å². The van der Waals surface area contributed by atoms with Crippen LogP contribution >= 0.6 is 22.7 Å². The Morgan fingerprint density at radius 2 is 2.21 bits per heavy atom. The minimum atomic E-state index is 0.488. The van der Waals surface area contributed by atoms with Crippen molar-refractivity contribution in [2.24, 2.45) is 4.99 Å². The number of nitrogens with zero attached hydrogens (tertiary/aromatic N) is 3. The third-order valence-electron chi connectivity index (χ3n) is 4.22. The molecule has 5 nitrogen and oxygen atoms in total. The van der Waals surface area contributed by atoms with Gasteiger partial charge in [0.2, 0.25) is 0 Å². The van der Waals surface area contributed by atoms with Crippen LogP contribution < -0.4 is 15.5 Å². The van der Waals surface area contributed by atoms with Crippen molar-refractivity contribution in [3.05, 3.63) is 33.6 Å². The van der Waals surface area contributed by atoms with Crippen LogP contribution in [0, 0.1) is 6.92 Å². The largest absolute Gasteiger partial charge is 0.363 e. The van der Waals surface area contributed by atoms with Gasteiger partial charge in [0.1, 0.15) is 0 Å². The molecule has 0 aromatic carbocycles. The zero-order valence-electron chi connectivity index (χ0n) is 14.3. The second-order valence-electron chi connectivity index (χ2n) is 5.91. The zero-order chi connectivity index (χ0) is 16.8. The monoisotopic (exact) mass is 363 g/mol. The molecule has 1 aliphatic rings. The number of guanidine groups is 1. The van der Waals surface area contributed by atoms with Crippen LogP contribution in [0.25, 0.3) is 0 Å². The predicted octanol–water partition coefficient (Wildman–Crippen LogP) is 3.24. The molecule has 1 aliphatic heterocycles. The molecule has 0 atom stereocenters. The second-order valence-corrected chi connectivity index (χ2v) is 7.78. The van der Waals surface area contributed by atoms with Gasteiger partial charge in [-0.3, -0.25) is 0 Å². The number of aryl methyl sites for hydroxylation is 1. The SMILES string of the molecule is CCNC(=NCc1scnc1C)NC1CCN(c2cccs2)CC1. The van der Waals surface area contributed by atoms with Gasteiger partial charge in [0, 0.05) is 30.6 Å². The van der Waals surface area contributed by atoms with Crippen molar-refractivity contribution in [3.63, 3.8) is 0 Å². The summed E-state index contributed by atoms with van der Waals surface area (Å²) in [6, 6.07) is 4.82. The second kappa shape index (κ2) is 8.48. The first-order valence-corrected chi connectivity index (χ1v) is 10.2. The maximum Gasteiger partial charge on any atom is 0.191 e. The fourth-order valence-corrected chi connectivity index (χ4v) is 4.32. The Balaban J connectivity index is 1.53. The Labute approximate surface area is 151 Å². The molecule has 1 fully saturated rings. The van der Waals surface area contributed by atoms with E-state index < -0.39 is 0 Å². The highest BCUT2D eigenvalue weighted by Gasteiger charge is 2.20. The summed E-state index contributed by atoms with van der Waals surface area (Å²) in [6.45, 7) is 7.93. The van der Waals surface area contributed by atoms with Gasteiger partial charge in [-0.2, -0.15) is 0 Å². The number of hydrogen-bond donors (Lipinski definition) is 2. The van der Waals surface area contributed by atoms with Crippen LogP contribution in [0.4, 0.5) is 5.00 Å². The van der Waals surface area contributed by atoms with Gasteiger partial charge >= 0.3 is 0 Å². The molecule has 130 valence electrons. The molecule has 3 rings (SSSR count). The van der Waals surface area contributed by atoms with Gasteiger partial charge in [-0.1, -0.05) is 0 Å². The van der Waals surface area contributed by atoms with Crippen molar-refractivity contribution < 1.29 is 0 Å². The van der Waals surface area contributed by atoms with E-state index in [4.69, 9.17) is 4.99 Å². The number of hydrogen-bond acceptors (Lipinski definition) is 5. The summed E-state index contributed by atoms with van der Waals surface area (Å²) >= 11 is 3.50. The quantitative estimate of drug-likeness (QED) is 0.632.